The molecule has 0 spiro atoms. The van der Waals surface area contributed by atoms with E-state index >= 15 is 0 Å². The normalized spacial score (nSPS) is 10.7. The summed E-state index contributed by atoms with van der Waals surface area (Å²) in [5, 5.41) is 2.64. The Morgan fingerprint density at radius 1 is 1.24 bits per heavy atom. The van der Waals surface area contributed by atoms with Gasteiger partial charge in [-0.05, 0) is 23.8 Å². The Morgan fingerprint density at radius 3 is 2.86 bits per heavy atom. The van der Waals surface area contributed by atoms with Gasteiger partial charge in [0.1, 0.15) is 5.82 Å². The van der Waals surface area contributed by atoms with Gasteiger partial charge in [-0.25, -0.2) is 9.18 Å². The standard InChI is InChI=1S/C15H11FN2O3/c16-11-4-2-1-3-9(11)7-14(19)17-10-5-6-12-13(8-10)21-15(20)18-12/h1-6,8H,7H2,(H,17,19)(H,18,20). The predicted octanol–water partition coefficient (Wildman–Crippen LogP) is 2.44. The first kappa shape index (κ1) is 13.1. The highest BCUT2D eigenvalue weighted by Crippen LogP contribution is 2.17. The zero-order valence-electron chi connectivity index (χ0n) is 10.9. The fourth-order valence-electron chi connectivity index (χ4n) is 2.04. The molecule has 2 N–H and O–H groups in total. The van der Waals surface area contributed by atoms with Crippen LogP contribution in [0.1, 0.15) is 5.56 Å². The van der Waals surface area contributed by atoms with Crippen LogP contribution in [0.4, 0.5) is 10.1 Å². The number of hydrogen-bond acceptors (Lipinski definition) is 3. The van der Waals surface area contributed by atoms with Gasteiger partial charge in [-0.15, -0.1) is 0 Å². The monoisotopic (exact) mass is 286 g/mol. The van der Waals surface area contributed by atoms with Gasteiger partial charge in [0.25, 0.3) is 0 Å². The molecule has 1 aromatic heterocycles. The summed E-state index contributed by atoms with van der Waals surface area (Å²) >= 11 is 0. The molecule has 3 rings (SSSR count). The number of aromatic nitrogens is 1. The molecule has 106 valence electrons. The van der Waals surface area contributed by atoms with Gasteiger partial charge in [0, 0.05) is 11.8 Å². The Morgan fingerprint density at radius 2 is 2.05 bits per heavy atom. The molecule has 6 heteroatoms. The van der Waals surface area contributed by atoms with Gasteiger partial charge < -0.3 is 9.73 Å². The van der Waals surface area contributed by atoms with E-state index in [0.29, 0.717) is 22.4 Å². The minimum atomic E-state index is -0.556. The van der Waals surface area contributed by atoms with Gasteiger partial charge in [0.2, 0.25) is 5.91 Å². The third-order valence-electron chi connectivity index (χ3n) is 3.01. The third-order valence-corrected chi connectivity index (χ3v) is 3.01. The van der Waals surface area contributed by atoms with Crippen molar-refractivity contribution in [1.82, 2.24) is 4.98 Å². The Kier molecular flexibility index (Phi) is 3.27. The predicted molar refractivity (Wildman–Crippen MR) is 75.6 cm³/mol. The fraction of sp³-hybridized carbons (Fsp3) is 0.0667. The summed E-state index contributed by atoms with van der Waals surface area (Å²) < 4.78 is 18.4. The van der Waals surface area contributed by atoms with Crippen LogP contribution < -0.4 is 11.1 Å². The highest BCUT2D eigenvalue weighted by atomic mass is 19.1. The minimum absolute atomic E-state index is 0.0677. The van der Waals surface area contributed by atoms with Crippen LogP contribution in [0.2, 0.25) is 0 Å². The van der Waals surface area contributed by atoms with Crippen LogP contribution in [0, 0.1) is 5.82 Å². The number of aromatic amines is 1. The number of hydrogen-bond donors (Lipinski definition) is 2. The van der Waals surface area contributed by atoms with Crippen molar-refractivity contribution in [3.05, 3.63) is 64.4 Å². The van der Waals surface area contributed by atoms with Crippen molar-refractivity contribution in [3.63, 3.8) is 0 Å². The maximum absolute atomic E-state index is 13.5. The largest absolute Gasteiger partial charge is 0.417 e. The van der Waals surface area contributed by atoms with Crippen LogP contribution in [0.5, 0.6) is 0 Å². The molecular formula is C15H11FN2O3. The molecule has 2 aromatic carbocycles. The third kappa shape index (κ3) is 2.84. The summed E-state index contributed by atoms with van der Waals surface area (Å²) in [7, 11) is 0. The van der Waals surface area contributed by atoms with Gasteiger partial charge in [-0.2, -0.15) is 0 Å². The number of H-pyrrole nitrogens is 1. The summed E-state index contributed by atoms with van der Waals surface area (Å²) in [5.41, 5.74) is 1.70. The molecule has 0 unspecified atom stereocenters. The molecule has 0 atom stereocenters. The summed E-state index contributed by atoms with van der Waals surface area (Å²) in [6.45, 7) is 0. The molecule has 3 aromatic rings. The van der Waals surface area contributed by atoms with Crippen LogP contribution in [0.15, 0.2) is 51.7 Å². The topological polar surface area (TPSA) is 75.1 Å². The van der Waals surface area contributed by atoms with Crippen molar-refractivity contribution in [2.45, 2.75) is 6.42 Å². The molecule has 0 aliphatic rings. The van der Waals surface area contributed by atoms with E-state index in [1.165, 1.54) is 12.1 Å². The van der Waals surface area contributed by atoms with Crippen molar-refractivity contribution in [2.75, 3.05) is 5.32 Å². The maximum Gasteiger partial charge on any atom is 0.417 e. The Labute approximate surface area is 118 Å². The molecule has 0 radical (unpaired) electrons. The van der Waals surface area contributed by atoms with E-state index in [9.17, 15) is 14.0 Å². The Hall–Kier alpha value is -2.89. The van der Waals surface area contributed by atoms with Crippen molar-refractivity contribution in [3.8, 4) is 0 Å². The fourth-order valence-corrected chi connectivity index (χ4v) is 2.04. The summed E-state index contributed by atoms with van der Waals surface area (Å²) in [6.07, 6.45) is -0.0677. The lowest BCUT2D eigenvalue weighted by molar-refractivity contribution is -0.115. The van der Waals surface area contributed by atoms with Crippen LogP contribution in [0.25, 0.3) is 11.1 Å². The lowest BCUT2D eigenvalue weighted by atomic mass is 10.1. The molecule has 1 amide bonds. The molecule has 0 fully saturated rings. The first-order valence-electron chi connectivity index (χ1n) is 6.28. The summed E-state index contributed by atoms with van der Waals surface area (Å²) in [4.78, 5) is 25.4. The van der Waals surface area contributed by atoms with Gasteiger partial charge in [0.05, 0.1) is 11.9 Å². The molecule has 5 nitrogen and oxygen atoms in total. The molecule has 21 heavy (non-hydrogen) atoms. The summed E-state index contributed by atoms with van der Waals surface area (Å²) in [5.74, 6) is -1.32. The number of oxazole rings is 1. The molecule has 0 aliphatic heterocycles. The van der Waals surface area contributed by atoms with E-state index in [4.69, 9.17) is 4.42 Å². The second kappa shape index (κ2) is 5.24. The molecule has 0 aliphatic carbocycles. The smallest absolute Gasteiger partial charge is 0.408 e. The average molecular weight is 286 g/mol. The minimum Gasteiger partial charge on any atom is -0.408 e. The number of benzene rings is 2. The van der Waals surface area contributed by atoms with Crippen LogP contribution >= 0.6 is 0 Å². The van der Waals surface area contributed by atoms with Crippen LogP contribution in [-0.2, 0) is 11.2 Å². The Balaban J connectivity index is 1.77. The number of carbonyl (C=O) groups excluding carboxylic acids is 1. The number of halogens is 1. The first-order valence-corrected chi connectivity index (χ1v) is 6.28. The second-order valence-electron chi connectivity index (χ2n) is 4.54. The lowest BCUT2D eigenvalue weighted by Gasteiger charge is -2.05. The molecular weight excluding hydrogens is 275 g/mol. The number of anilines is 1. The van der Waals surface area contributed by atoms with Crippen molar-refractivity contribution in [2.24, 2.45) is 0 Å². The van der Waals surface area contributed by atoms with Gasteiger partial charge in [-0.1, -0.05) is 18.2 Å². The molecule has 0 saturated heterocycles. The van der Waals surface area contributed by atoms with Crippen molar-refractivity contribution in [1.29, 1.82) is 0 Å². The number of fused-ring (bicyclic) bond motifs is 1. The maximum atomic E-state index is 13.5. The van der Waals surface area contributed by atoms with E-state index in [2.05, 4.69) is 10.3 Å². The second-order valence-corrected chi connectivity index (χ2v) is 4.54. The number of rotatable bonds is 3. The highest BCUT2D eigenvalue weighted by molar-refractivity contribution is 5.93. The average Bonchev–Trinajstić information content (AvgIpc) is 2.80. The van der Waals surface area contributed by atoms with E-state index in [1.807, 2.05) is 0 Å². The van der Waals surface area contributed by atoms with E-state index < -0.39 is 11.6 Å². The van der Waals surface area contributed by atoms with E-state index in [-0.39, 0.29) is 12.3 Å². The molecule has 0 bridgehead atoms. The SMILES string of the molecule is O=C(Cc1ccccc1F)Nc1ccc2[nH]c(=O)oc2c1. The van der Waals surface area contributed by atoms with Gasteiger partial charge >= 0.3 is 5.76 Å². The summed E-state index contributed by atoms with van der Waals surface area (Å²) in [6, 6.07) is 10.9. The van der Waals surface area contributed by atoms with Crippen LogP contribution in [-0.4, -0.2) is 10.9 Å². The number of carbonyl (C=O) groups is 1. The number of nitrogens with one attached hydrogen (secondary N) is 2. The van der Waals surface area contributed by atoms with Gasteiger partial charge in [-0.3, -0.25) is 9.78 Å². The number of amides is 1. The van der Waals surface area contributed by atoms with Crippen LogP contribution in [0.3, 0.4) is 0 Å². The first-order chi connectivity index (χ1) is 10.1. The van der Waals surface area contributed by atoms with Gasteiger partial charge in [0.15, 0.2) is 5.58 Å². The van der Waals surface area contributed by atoms with E-state index in [0.717, 1.165) is 0 Å². The molecule has 0 saturated carbocycles. The zero-order chi connectivity index (χ0) is 14.8. The quantitative estimate of drug-likeness (QED) is 0.776. The molecule has 1 heterocycles. The highest BCUT2D eigenvalue weighted by Gasteiger charge is 2.09. The van der Waals surface area contributed by atoms with Crippen molar-refractivity contribution >= 4 is 22.7 Å². The Bertz CT molecular complexity index is 866. The van der Waals surface area contributed by atoms with Crippen molar-refractivity contribution < 1.29 is 13.6 Å². The zero-order valence-corrected chi connectivity index (χ0v) is 10.9. The van der Waals surface area contributed by atoms with E-state index in [1.54, 1.807) is 30.3 Å². The lowest BCUT2D eigenvalue weighted by Crippen LogP contribution is -2.15.